The Kier molecular flexibility index (Phi) is 2.00. The second-order valence-electron chi connectivity index (χ2n) is 5.18. The molecule has 14 heavy (non-hydrogen) atoms. The molecule has 0 aliphatic heterocycles. The first-order chi connectivity index (χ1) is 6.52. The first kappa shape index (κ1) is 9.78. The van der Waals surface area contributed by atoms with Crippen LogP contribution in [0, 0.1) is 16.7 Å². The van der Waals surface area contributed by atoms with Crippen LogP contribution in [0.5, 0.6) is 0 Å². The topological polar surface area (TPSA) is 39.2 Å². The minimum absolute atomic E-state index is 0.319. The molecule has 0 spiro atoms. The van der Waals surface area contributed by atoms with Gasteiger partial charge in [-0.05, 0) is 35.4 Å². The maximum atomic E-state index is 5.78. The summed E-state index contributed by atoms with van der Waals surface area (Å²) in [5.74, 6) is 1.71. The Labute approximate surface area is 85.5 Å². The second kappa shape index (κ2) is 2.86. The Bertz CT molecular complexity index is 315. The van der Waals surface area contributed by atoms with Gasteiger partial charge in [-0.3, -0.25) is 0 Å². The van der Waals surface area contributed by atoms with Gasteiger partial charge in [-0.2, -0.15) is 0 Å². The zero-order valence-corrected chi connectivity index (χ0v) is 9.21. The lowest BCUT2D eigenvalue weighted by atomic mass is 9.93. The van der Waals surface area contributed by atoms with Gasteiger partial charge in [-0.1, -0.05) is 20.8 Å². The van der Waals surface area contributed by atoms with E-state index in [-0.39, 0.29) is 0 Å². The molecule has 1 aromatic rings. The maximum Gasteiger partial charge on any atom is 0.104 e. The molecular formula is C12H19NO. The molecule has 1 fully saturated rings. The van der Waals surface area contributed by atoms with Crippen LogP contribution in [-0.4, -0.2) is 6.54 Å². The molecule has 2 atom stereocenters. The second-order valence-corrected chi connectivity index (χ2v) is 5.18. The fourth-order valence-corrected chi connectivity index (χ4v) is 2.88. The SMILES string of the molecule is CC1(C)C(CN)C1(C)Cc1ccco1. The van der Waals surface area contributed by atoms with Crippen LogP contribution in [0.4, 0.5) is 0 Å². The highest BCUT2D eigenvalue weighted by molar-refractivity contribution is 5.19. The molecular weight excluding hydrogens is 174 g/mol. The summed E-state index contributed by atoms with van der Waals surface area (Å²) in [6.45, 7) is 7.69. The van der Waals surface area contributed by atoms with E-state index in [9.17, 15) is 0 Å². The van der Waals surface area contributed by atoms with Crippen LogP contribution in [0.15, 0.2) is 22.8 Å². The first-order valence-electron chi connectivity index (χ1n) is 5.25. The summed E-state index contributed by atoms with van der Waals surface area (Å²) in [7, 11) is 0. The van der Waals surface area contributed by atoms with Crippen molar-refractivity contribution in [1.82, 2.24) is 0 Å². The quantitative estimate of drug-likeness (QED) is 0.800. The molecule has 1 aliphatic rings. The Morgan fingerprint density at radius 2 is 2.14 bits per heavy atom. The Morgan fingerprint density at radius 3 is 2.57 bits per heavy atom. The number of hydrogen-bond acceptors (Lipinski definition) is 2. The van der Waals surface area contributed by atoms with Gasteiger partial charge in [0.05, 0.1) is 6.26 Å². The van der Waals surface area contributed by atoms with Gasteiger partial charge < -0.3 is 10.2 Å². The zero-order chi connectivity index (χ0) is 10.4. The minimum Gasteiger partial charge on any atom is -0.469 e. The normalized spacial score (nSPS) is 34.4. The van der Waals surface area contributed by atoms with Gasteiger partial charge in [0.2, 0.25) is 0 Å². The third-order valence-electron chi connectivity index (χ3n) is 4.39. The van der Waals surface area contributed by atoms with Gasteiger partial charge in [-0.25, -0.2) is 0 Å². The van der Waals surface area contributed by atoms with Crippen LogP contribution in [0.25, 0.3) is 0 Å². The number of nitrogens with two attached hydrogens (primary N) is 1. The van der Waals surface area contributed by atoms with Gasteiger partial charge >= 0.3 is 0 Å². The zero-order valence-electron chi connectivity index (χ0n) is 9.21. The first-order valence-corrected chi connectivity index (χ1v) is 5.25. The van der Waals surface area contributed by atoms with Crippen molar-refractivity contribution in [3.05, 3.63) is 24.2 Å². The Balaban J connectivity index is 2.13. The van der Waals surface area contributed by atoms with E-state index in [0.29, 0.717) is 16.7 Å². The van der Waals surface area contributed by atoms with Crippen molar-refractivity contribution in [2.24, 2.45) is 22.5 Å². The third kappa shape index (κ3) is 1.13. The van der Waals surface area contributed by atoms with Gasteiger partial charge in [-0.15, -0.1) is 0 Å². The number of rotatable bonds is 3. The number of furan rings is 1. The monoisotopic (exact) mass is 193 g/mol. The van der Waals surface area contributed by atoms with Gasteiger partial charge in [0.1, 0.15) is 5.76 Å². The molecule has 2 nitrogen and oxygen atoms in total. The lowest BCUT2D eigenvalue weighted by molar-refractivity contribution is 0.372. The molecule has 1 aliphatic carbocycles. The summed E-state index contributed by atoms with van der Waals surface area (Å²) >= 11 is 0. The Hall–Kier alpha value is -0.760. The smallest absolute Gasteiger partial charge is 0.104 e. The maximum absolute atomic E-state index is 5.78. The summed E-state index contributed by atoms with van der Waals surface area (Å²) in [6.07, 6.45) is 2.75. The van der Waals surface area contributed by atoms with Crippen molar-refractivity contribution in [3.8, 4) is 0 Å². The van der Waals surface area contributed by atoms with E-state index in [2.05, 4.69) is 20.8 Å². The molecule has 0 saturated heterocycles. The van der Waals surface area contributed by atoms with Crippen molar-refractivity contribution >= 4 is 0 Å². The van der Waals surface area contributed by atoms with Crippen molar-refractivity contribution in [1.29, 1.82) is 0 Å². The lowest BCUT2D eigenvalue weighted by Crippen LogP contribution is -2.10. The van der Waals surface area contributed by atoms with Crippen LogP contribution in [0.2, 0.25) is 0 Å². The van der Waals surface area contributed by atoms with Crippen LogP contribution in [-0.2, 0) is 6.42 Å². The number of hydrogen-bond donors (Lipinski definition) is 1. The molecule has 2 N–H and O–H groups in total. The molecule has 1 saturated carbocycles. The van der Waals surface area contributed by atoms with Crippen LogP contribution < -0.4 is 5.73 Å². The van der Waals surface area contributed by atoms with Crippen molar-refractivity contribution < 1.29 is 4.42 Å². The van der Waals surface area contributed by atoms with Crippen LogP contribution in [0.1, 0.15) is 26.5 Å². The standard InChI is InChI=1S/C12H19NO/c1-11(2)10(8-13)12(11,3)7-9-5-4-6-14-9/h4-6,10H,7-8,13H2,1-3H3. The van der Waals surface area contributed by atoms with E-state index in [4.69, 9.17) is 10.2 Å². The van der Waals surface area contributed by atoms with E-state index in [1.807, 2.05) is 12.1 Å². The predicted octanol–water partition coefficient (Wildman–Crippen LogP) is 2.44. The Morgan fingerprint density at radius 1 is 1.43 bits per heavy atom. The minimum atomic E-state index is 0.319. The van der Waals surface area contributed by atoms with Gasteiger partial charge in [0.25, 0.3) is 0 Å². The molecule has 2 heteroatoms. The molecule has 0 amide bonds. The van der Waals surface area contributed by atoms with Crippen molar-refractivity contribution in [2.75, 3.05) is 6.54 Å². The van der Waals surface area contributed by atoms with Crippen molar-refractivity contribution in [3.63, 3.8) is 0 Å². The summed E-state index contributed by atoms with van der Waals surface area (Å²) in [5, 5.41) is 0. The molecule has 78 valence electrons. The highest BCUT2D eigenvalue weighted by Gasteiger charge is 2.66. The molecule has 2 rings (SSSR count). The molecule has 2 unspecified atom stereocenters. The lowest BCUT2D eigenvalue weighted by Gasteiger charge is -2.12. The molecule has 0 radical (unpaired) electrons. The molecule has 0 aromatic carbocycles. The van der Waals surface area contributed by atoms with Gasteiger partial charge in [0, 0.05) is 6.42 Å². The van der Waals surface area contributed by atoms with E-state index in [0.717, 1.165) is 18.7 Å². The van der Waals surface area contributed by atoms with E-state index in [1.54, 1.807) is 6.26 Å². The average molecular weight is 193 g/mol. The molecule has 1 heterocycles. The highest BCUT2D eigenvalue weighted by atomic mass is 16.3. The average Bonchev–Trinajstić information content (AvgIpc) is 2.54. The van der Waals surface area contributed by atoms with E-state index < -0.39 is 0 Å². The molecule has 1 aromatic heterocycles. The fraction of sp³-hybridized carbons (Fsp3) is 0.667. The summed E-state index contributed by atoms with van der Waals surface area (Å²) in [5.41, 5.74) is 6.46. The fourth-order valence-electron chi connectivity index (χ4n) is 2.88. The largest absolute Gasteiger partial charge is 0.469 e. The van der Waals surface area contributed by atoms with Crippen molar-refractivity contribution in [2.45, 2.75) is 27.2 Å². The summed E-state index contributed by atoms with van der Waals surface area (Å²) < 4.78 is 5.39. The van der Waals surface area contributed by atoms with Crippen LogP contribution >= 0.6 is 0 Å². The summed E-state index contributed by atoms with van der Waals surface area (Å²) in [6, 6.07) is 4.00. The van der Waals surface area contributed by atoms with E-state index >= 15 is 0 Å². The third-order valence-corrected chi connectivity index (χ3v) is 4.39. The predicted molar refractivity (Wildman–Crippen MR) is 56.8 cm³/mol. The highest BCUT2D eigenvalue weighted by Crippen LogP contribution is 2.69. The summed E-state index contributed by atoms with van der Waals surface area (Å²) in [4.78, 5) is 0. The van der Waals surface area contributed by atoms with E-state index in [1.165, 1.54) is 0 Å². The molecule has 0 bridgehead atoms. The van der Waals surface area contributed by atoms with Gasteiger partial charge in [0.15, 0.2) is 0 Å². The van der Waals surface area contributed by atoms with Crippen LogP contribution in [0.3, 0.4) is 0 Å².